The third-order valence-electron chi connectivity index (χ3n) is 3.88. The van der Waals surface area contributed by atoms with Crippen molar-refractivity contribution in [3.63, 3.8) is 0 Å². The molecule has 0 bridgehead atoms. The lowest BCUT2D eigenvalue weighted by Gasteiger charge is -2.09. The maximum atomic E-state index is 13.3. The van der Waals surface area contributed by atoms with Gasteiger partial charge in [0.25, 0.3) is 17.7 Å². The molecule has 3 rings (SSSR count). The predicted molar refractivity (Wildman–Crippen MR) is 106 cm³/mol. The Bertz CT molecular complexity index is 1080. The van der Waals surface area contributed by atoms with Crippen molar-refractivity contribution < 1.29 is 18.8 Å². The topological polar surface area (TPSA) is 116 Å². The number of amides is 3. The minimum Gasteiger partial charge on any atom is -0.354 e. The van der Waals surface area contributed by atoms with Crippen LogP contribution in [0.5, 0.6) is 0 Å². The predicted octanol–water partition coefficient (Wildman–Crippen LogP) is 3.07. The molecule has 29 heavy (non-hydrogen) atoms. The number of hydrogen-bond donors (Lipinski definition) is 4. The van der Waals surface area contributed by atoms with Crippen LogP contribution in [0, 0.1) is 5.82 Å². The number of nitrogens with zero attached hydrogens (tertiary/aromatic N) is 1. The fourth-order valence-electron chi connectivity index (χ4n) is 2.46. The standard InChI is InChI=1S/C19H15ClFN5O3/c1-22-18(28)15-16(24-9-23-15)19(29)26-12-5-3-11(4-6-12)25-17(27)13-8-10(21)2-7-14(13)20/h2-9H,1H3,(H,22,28)(H,23,24)(H,25,27)(H,26,29). The molecule has 8 nitrogen and oxygen atoms in total. The monoisotopic (exact) mass is 415 g/mol. The van der Waals surface area contributed by atoms with Crippen molar-refractivity contribution in [2.75, 3.05) is 17.7 Å². The fourth-order valence-corrected chi connectivity index (χ4v) is 2.67. The third kappa shape index (κ3) is 4.58. The first-order chi connectivity index (χ1) is 13.9. The van der Waals surface area contributed by atoms with Crippen molar-refractivity contribution in [1.82, 2.24) is 15.3 Å². The first kappa shape index (κ1) is 20.0. The number of anilines is 2. The normalized spacial score (nSPS) is 10.3. The molecular formula is C19H15ClFN5O3. The molecule has 0 saturated carbocycles. The number of imidazole rings is 1. The van der Waals surface area contributed by atoms with E-state index in [2.05, 4.69) is 25.9 Å². The van der Waals surface area contributed by atoms with Crippen molar-refractivity contribution >= 4 is 40.7 Å². The summed E-state index contributed by atoms with van der Waals surface area (Å²) in [5, 5.41) is 7.73. The highest BCUT2D eigenvalue weighted by Gasteiger charge is 2.19. The molecule has 0 radical (unpaired) electrons. The maximum Gasteiger partial charge on any atom is 0.276 e. The summed E-state index contributed by atoms with van der Waals surface area (Å²) in [5.74, 6) is -2.19. The number of H-pyrrole nitrogens is 1. The van der Waals surface area contributed by atoms with E-state index in [1.807, 2.05) is 0 Å². The summed E-state index contributed by atoms with van der Waals surface area (Å²) in [6, 6.07) is 9.69. The second kappa shape index (κ2) is 8.53. The molecular weight excluding hydrogens is 401 g/mol. The average molecular weight is 416 g/mol. The molecule has 0 saturated heterocycles. The van der Waals surface area contributed by atoms with Crippen LogP contribution in [0.3, 0.4) is 0 Å². The van der Waals surface area contributed by atoms with Crippen LogP contribution in [-0.4, -0.2) is 34.7 Å². The molecule has 0 unspecified atom stereocenters. The van der Waals surface area contributed by atoms with Crippen LogP contribution >= 0.6 is 11.6 Å². The summed E-state index contributed by atoms with van der Waals surface area (Å²) in [4.78, 5) is 42.8. The Kier molecular flexibility index (Phi) is 5.89. The molecule has 1 aromatic heterocycles. The lowest BCUT2D eigenvalue weighted by atomic mass is 10.2. The van der Waals surface area contributed by atoms with E-state index in [1.165, 1.54) is 19.4 Å². The number of aromatic amines is 1. The van der Waals surface area contributed by atoms with E-state index in [-0.39, 0.29) is 22.0 Å². The summed E-state index contributed by atoms with van der Waals surface area (Å²) < 4.78 is 13.3. The molecule has 0 fully saturated rings. The number of carbonyl (C=O) groups excluding carboxylic acids is 3. The number of carbonyl (C=O) groups is 3. The van der Waals surface area contributed by atoms with E-state index >= 15 is 0 Å². The first-order valence-electron chi connectivity index (χ1n) is 8.32. The van der Waals surface area contributed by atoms with E-state index in [0.29, 0.717) is 11.4 Å². The Balaban J connectivity index is 1.68. The first-order valence-corrected chi connectivity index (χ1v) is 8.70. The zero-order valence-corrected chi connectivity index (χ0v) is 15.8. The molecule has 1 heterocycles. The smallest absolute Gasteiger partial charge is 0.276 e. The molecule has 4 N–H and O–H groups in total. The lowest BCUT2D eigenvalue weighted by molar-refractivity contribution is 0.0943. The van der Waals surface area contributed by atoms with Crippen LogP contribution in [0.2, 0.25) is 5.02 Å². The molecule has 0 aliphatic heterocycles. The van der Waals surface area contributed by atoms with E-state index in [4.69, 9.17) is 11.6 Å². The fraction of sp³-hybridized carbons (Fsp3) is 0.0526. The van der Waals surface area contributed by atoms with Gasteiger partial charge in [-0.2, -0.15) is 0 Å². The van der Waals surface area contributed by atoms with Gasteiger partial charge in [0.15, 0.2) is 5.69 Å². The summed E-state index contributed by atoms with van der Waals surface area (Å²) in [6.45, 7) is 0. The van der Waals surface area contributed by atoms with Gasteiger partial charge in [-0.05, 0) is 42.5 Å². The molecule has 0 aliphatic carbocycles. The van der Waals surface area contributed by atoms with Crippen molar-refractivity contribution in [1.29, 1.82) is 0 Å². The van der Waals surface area contributed by atoms with E-state index < -0.39 is 23.5 Å². The van der Waals surface area contributed by atoms with E-state index in [0.717, 1.165) is 12.1 Å². The third-order valence-corrected chi connectivity index (χ3v) is 4.21. The van der Waals surface area contributed by atoms with Crippen LogP contribution < -0.4 is 16.0 Å². The average Bonchev–Trinajstić information content (AvgIpc) is 3.20. The van der Waals surface area contributed by atoms with Gasteiger partial charge in [0, 0.05) is 18.4 Å². The summed E-state index contributed by atoms with van der Waals surface area (Å²) in [5.41, 5.74) is 0.828. The number of rotatable bonds is 5. The Morgan fingerprint density at radius 3 is 2.21 bits per heavy atom. The molecule has 3 aromatic rings. The van der Waals surface area contributed by atoms with E-state index in [9.17, 15) is 18.8 Å². The zero-order valence-electron chi connectivity index (χ0n) is 15.0. The largest absolute Gasteiger partial charge is 0.354 e. The van der Waals surface area contributed by atoms with Crippen LogP contribution in [0.15, 0.2) is 48.8 Å². The van der Waals surface area contributed by atoms with Gasteiger partial charge in [0.1, 0.15) is 11.5 Å². The highest BCUT2D eigenvalue weighted by Crippen LogP contribution is 2.20. The zero-order chi connectivity index (χ0) is 21.0. The highest BCUT2D eigenvalue weighted by molar-refractivity contribution is 6.34. The van der Waals surface area contributed by atoms with E-state index in [1.54, 1.807) is 24.3 Å². The highest BCUT2D eigenvalue weighted by atomic mass is 35.5. The molecule has 0 spiro atoms. The Morgan fingerprint density at radius 2 is 1.59 bits per heavy atom. The van der Waals surface area contributed by atoms with Gasteiger partial charge in [-0.1, -0.05) is 11.6 Å². The van der Waals surface area contributed by atoms with Crippen LogP contribution in [-0.2, 0) is 0 Å². The van der Waals surface area contributed by atoms with Crippen molar-refractivity contribution in [2.24, 2.45) is 0 Å². The Hall–Kier alpha value is -3.72. The van der Waals surface area contributed by atoms with Gasteiger partial charge in [-0.15, -0.1) is 0 Å². The van der Waals surface area contributed by atoms with Crippen LogP contribution in [0.1, 0.15) is 31.3 Å². The van der Waals surface area contributed by atoms with Crippen molar-refractivity contribution in [3.8, 4) is 0 Å². The number of benzene rings is 2. The van der Waals surface area contributed by atoms with Gasteiger partial charge in [-0.3, -0.25) is 14.4 Å². The van der Waals surface area contributed by atoms with Crippen molar-refractivity contribution in [2.45, 2.75) is 0 Å². The number of aromatic nitrogens is 2. The van der Waals surface area contributed by atoms with Gasteiger partial charge < -0.3 is 20.9 Å². The van der Waals surface area contributed by atoms with Gasteiger partial charge in [-0.25, -0.2) is 9.37 Å². The van der Waals surface area contributed by atoms with Crippen LogP contribution in [0.4, 0.5) is 15.8 Å². The SMILES string of the molecule is CNC(=O)c1[nH]cnc1C(=O)Nc1ccc(NC(=O)c2cc(F)ccc2Cl)cc1. The second-order valence-corrected chi connectivity index (χ2v) is 6.22. The minimum absolute atomic E-state index is 0.00399. The molecule has 148 valence electrons. The van der Waals surface area contributed by atoms with Gasteiger partial charge in [0.2, 0.25) is 0 Å². The number of halogens is 2. The van der Waals surface area contributed by atoms with Crippen molar-refractivity contribution in [3.05, 3.63) is 76.6 Å². The lowest BCUT2D eigenvalue weighted by Crippen LogP contribution is -2.23. The molecule has 0 atom stereocenters. The number of nitrogens with one attached hydrogen (secondary N) is 4. The molecule has 3 amide bonds. The minimum atomic E-state index is -0.577. The number of hydrogen-bond acceptors (Lipinski definition) is 4. The Labute approximate surface area is 169 Å². The molecule has 0 aliphatic rings. The summed E-state index contributed by atoms with van der Waals surface area (Å²) in [7, 11) is 1.44. The quantitative estimate of drug-likeness (QED) is 0.512. The molecule has 10 heteroatoms. The molecule has 2 aromatic carbocycles. The van der Waals surface area contributed by atoms with Gasteiger partial charge in [0.05, 0.1) is 16.9 Å². The summed E-state index contributed by atoms with van der Waals surface area (Å²) >= 11 is 5.92. The van der Waals surface area contributed by atoms with Gasteiger partial charge >= 0.3 is 0 Å². The second-order valence-electron chi connectivity index (χ2n) is 5.82. The summed E-state index contributed by atoms with van der Waals surface area (Å²) in [6.07, 6.45) is 1.25. The maximum absolute atomic E-state index is 13.3. The Morgan fingerprint density at radius 1 is 0.966 bits per heavy atom. The van der Waals surface area contributed by atoms with Crippen LogP contribution in [0.25, 0.3) is 0 Å².